The Balaban J connectivity index is 1.58. The van der Waals surface area contributed by atoms with E-state index < -0.39 is 0 Å². The van der Waals surface area contributed by atoms with Crippen LogP contribution in [0.4, 0.5) is 0 Å². The molecule has 1 aliphatic heterocycles. The molecule has 2 rings (SSSR count). The molecule has 0 bridgehead atoms. The van der Waals surface area contributed by atoms with Crippen molar-refractivity contribution in [2.45, 2.75) is 70.4 Å². The van der Waals surface area contributed by atoms with Crippen LogP contribution in [0.2, 0.25) is 0 Å². The predicted octanol–water partition coefficient (Wildman–Crippen LogP) is 2.78. The number of nitrogens with one attached hydrogen (secondary N) is 1. The van der Waals surface area contributed by atoms with Crippen molar-refractivity contribution in [1.29, 1.82) is 0 Å². The van der Waals surface area contributed by atoms with E-state index in [2.05, 4.69) is 17.1 Å². The predicted molar refractivity (Wildman–Crippen MR) is 69.8 cm³/mol. The fraction of sp³-hybridized carbons (Fsp3) is 1.00. The van der Waals surface area contributed by atoms with Gasteiger partial charge >= 0.3 is 0 Å². The number of hydrogen-bond donors (Lipinski definition) is 1. The van der Waals surface area contributed by atoms with Gasteiger partial charge in [0.15, 0.2) is 0 Å². The zero-order valence-electron chi connectivity index (χ0n) is 10.9. The molecule has 0 radical (unpaired) electrons. The first-order valence-corrected chi connectivity index (χ1v) is 7.37. The highest BCUT2D eigenvalue weighted by atomic mass is 15.2. The van der Waals surface area contributed by atoms with Crippen LogP contribution in [0.5, 0.6) is 0 Å². The van der Waals surface area contributed by atoms with E-state index in [0.29, 0.717) is 0 Å². The molecule has 1 aliphatic carbocycles. The van der Waals surface area contributed by atoms with Gasteiger partial charge in [-0.25, -0.2) is 0 Å². The summed E-state index contributed by atoms with van der Waals surface area (Å²) in [6, 6.07) is 1.73. The zero-order chi connectivity index (χ0) is 11.2. The van der Waals surface area contributed by atoms with Gasteiger partial charge in [0.05, 0.1) is 0 Å². The number of nitrogens with zero attached hydrogens (tertiary/aromatic N) is 1. The van der Waals surface area contributed by atoms with Crippen LogP contribution in [0.3, 0.4) is 0 Å². The maximum absolute atomic E-state index is 3.69. The molecule has 2 nitrogen and oxygen atoms in total. The van der Waals surface area contributed by atoms with Crippen molar-refractivity contribution in [3.8, 4) is 0 Å². The summed E-state index contributed by atoms with van der Waals surface area (Å²) >= 11 is 0. The van der Waals surface area contributed by atoms with Crippen LogP contribution in [0.15, 0.2) is 0 Å². The lowest BCUT2D eigenvalue weighted by molar-refractivity contribution is 0.241. The molecule has 1 heterocycles. The summed E-state index contributed by atoms with van der Waals surface area (Å²) in [5.74, 6) is 0. The monoisotopic (exact) mass is 224 g/mol. The van der Waals surface area contributed by atoms with Gasteiger partial charge in [-0.2, -0.15) is 0 Å². The van der Waals surface area contributed by atoms with Gasteiger partial charge in [-0.1, -0.05) is 26.2 Å². The largest absolute Gasteiger partial charge is 0.312 e. The van der Waals surface area contributed by atoms with Crippen molar-refractivity contribution in [3.05, 3.63) is 0 Å². The molecule has 0 aromatic carbocycles. The molecule has 0 aromatic rings. The Morgan fingerprint density at radius 1 is 1.12 bits per heavy atom. The van der Waals surface area contributed by atoms with Crippen LogP contribution in [0.1, 0.15) is 58.3 Å². The van der Waals surface area contributed by atoms with E-state index in [1.807, 2.05) is 0 Å². The van der Waals surface area contributed by atoms with Gasteiger partial charge in [-0.15, -0.1) is 0 Å². The Hall–Kier alpha value is -0.0800. The summed E-state index contributed by atoms with van der Waals surface area (Å²) in [7, 11) is 0. The third kappa shape index (κ3) is 4.06. The lowest BCUT2D eigenvalue weighted by Gasteiger charge is -2.24. The SMILES string of the molecule is CCCCCCN1CCCC1CNC1CC1. The Morgan fingerprint density at radius 3 is 2.75 bits per heavy atom. The highest BCUT2D eigenvalue weighted by Crippen LogP contribution is 2.21. The minimum Gasteiger partial charge on any atom is -0.312 e. The van der Waals surface area contributed by atoms with E-state index in [1.54, 1.807) is 0 Å². The van der Waals surface area contributed by atoms with E-state index in [1.165, 1.54) is 71.0 Å². The highest BCUT2D eigenvalue weighted by Gasteiger charge is 2.27. The normalized spacial score (nSPS) is 26.4. The maximum atomic E-state index is 3.69. The molecule has 2 fully saturated rings. The molecule has 1 saturated heterocycles. The minimum absolute atomic E-state index is 0.849. The summed E-state index contributed by atoms with van der Waals surface area (Å²) < 4.78 is 0. The third-order valence-corrected chi connectivity index (χ3v) is 4.02. The van der Waals surface area contributed by atoms with E-state index in [0.717, 1.165) is 12.1 Å². The molecule has 1 N–H and O–H groups in total. The first-order chi connectivity index (χ1) is 7.90. The number of hydrogen-bond acceptors (Lipinski definition) is 2. The second-order valence-corrected chi connectivity index (χ2v) is 5.58. The third-order valence-electron chi connectivity index (χ3n) is 4.02. The van der Waals surface area contributed by atoms with Crippen molar-refractivity contribution in [2.75, 3.05) is 19.6 Å². The Labute approximate surface area is 101 Å². The van der Waals surface area contributed by atoms with Crippen molar-refractivity contribution < 1.29 is 0 Å². The van der Waals surface area contributed by atoms with Crippen LogP contribution in [-0.2, 0) is 0 Å². The van der Waals surface area contributed by atoms with Gasteiger partial charge in [-0.3, -0.25) is 4.90 Å². The van der Waals surface area contributed by atoms with Crippen LogP contribution in [0, 0.1) is 0 Å². The lowest BCUT2D eigenvalue weighted by atomic mass is 10.2. The van der Waals surface area contributed by atoms with E-state index in [4.69, 9.17) is 0 Å². The second-order valence-electron chi connectivity index (χ2n) is 5.58. The minimum atomic E-state index is 0.849. The summed E-state index contributed by atoms with van der Waals surface area (Å²) in [6.45, 7) is 6.23. The first-order valence-electron chi connectivity index (χ1n) is 7.37. The molecule has 94 valence electrons. The molecule has 0 amide bonds. The number of likely N-dealkylation sites (tertiary alicyclic amines) is 1. The molecule has 2 heteroatoms. The van der Waals surface area contributed by atoms with Crippen molar-refractivity contribution >= 4 is 0 Å². The Kier molecular flexibility index (Phi) is 5.11. The maximum Gasteiger partial charge on any atom is 0.0221 e. The summed E-state index contributed by atoms with van der Waals surface area (Å²) in [4.78, 5) is 2.73. The zero-order valence-corrected chi connectivity index (χ0v) is 10.9. The van der Waals surface area contributed by atoms with Crippen molar-refractivity contribution in [3.63, 3.8) is 0 Å². The quantitative estimate of drug-likeness (QED) is 0.638. The highest BCUT2D eigenvalue weighted by molar-refractivity contribution is 4.86. The lowest BCUT2D eigenvalue weighted by Crippen LogP contribution is -2.39. The molecule has 0 aromatic heterocycles. The van der Waals surface area contributed by atoms with Crippen LogP contribution >= 0.6 is 0 Å². The fourth-order valence-electron chi connectivity index (χ4n) is 2.75. The van der Waals surface area contributed by atoms with E-state index >= 15 is 0 Å². The van der Waals surface area contributed by atoms with E-state index in [-0.39, 0.29) is 0 Å². The van der Waals surface area contributed by atoms with Gasteiger partial charge in [0.25, 0.3) is 0 Å². The van der Waals surface area contributed by atoms with Crippen molar-refractivity contribution in [1.82, 2.24) is 10.2 Å². The van der Waals surface area contributed by atoms with Gasteiger partial charge < -0.3 is 5.32 Å². The van der Waals surface area contributed by atoms with Gasteiger partial charge in [0.1, 0.15) is 0 Å². The topological polar surface area (TPSA) is 15.3 Å². The van der Waals surface area contributed by atoms with Gasteiger partial charge in [-0.05, 0) is 45.2 Å². The smallest absolute Gasteiger partial charge is 0.0221 e. The van der Waals surface area contributed by atoms with Crippen LogP contribution in [-0.4, -0.2) is 36.6 Å². The van der Waals surface area contributed by atoms with Crippen molar-refractivity contribution in [2.24, 2.45) is 0 Å². The standard InChI is InChI=1S/C14H28N2/c1-2-3-4-5-10-16-11-6-7-14(16)12-15-13-8-9-13/h13-15H,2-12H2,1H3. The molecule has 1 saturated carbocycles. The van der Waals surface area contributed by atoms with Crippen LogP contribution in [0.25, 0.3) is 0 Å². The molecule has 1 unspecified atom stereocenters. The molecule has 16 heavy (non-hydrogen) atoms. The Morgan fingerprint density at radius 2 is 2.00 bits per heavy atom. The second kappa shape index (κ2) is 6.61. The summed E-state index contributed by atoms with van der Waals surface area (Å²) in [6.07, 6.45) is 11.3. The van der Waals surface area contributed by atoms with Gasteiger partial charge in [0, 0.05) is 18.6 Å². The van der Waals surface area contributed by atoms with Crippen LogP contribution < -0.4 is 5.32 Å². The summed E-state index contributed by atoms with van der Waals surface area (Å²) in [5.41, 5.74) is 0. The van der Waals surface area contributed by atoms with Gasteiger partial charge in [0.2, 0.25) is 0 Å². The molecule has 1 atom stereocenters. The number of rotatable bonds is 8. The average Bonchev–Trinajstić information content (AvgIpc) is 3.02. The summed E-state index contributed by atoms with van der Waals surface area (Å²) in [5, 5.41) is 3.69. The number of unbranched alkanes of at least 4 members (excludes halogenated alkanes) is 3. The Bertz CT molecular complexity index is 189. The average molecular weight is 224 g/mol. The molecule has 2 aliphatic rings. The molecular formula is C14H28N2. The molecular weight excluding hydrogens is 196 g/mol. The first kappa shape index (κ1) is 12.4. The molecule has 0 spiro atoms. The fourth-order valence-corrected chi connectivity index (χ4v) is 2.75. The van der Waals surface area contributed by atoms with E-state index in [9.17, 15) is 0 Å².